The molecule has 2 aliphatic rings. The number of aromatic nitrogens is 1. The van der Waals surface area contributed by atoms with Gasteiger partial charge in [-0.2, -0.15) is 0 Å². The van der Waals surface area contributed by atoms with Gasteiger partial charge < -0.3 is 14.9 Å². The monoisotopic (exact) mass is 494 g/mol. The van der Waals surface area contributed by atoms with Gasteiger partial charge in [0, 0.05) is 17.7 Å². The van der Waals surface area contributed by atoms with Crippen molar-refractivity contribution in [3.05, 3.63) is 65.7 Å². The van der Waals surface area contributed by atoms with Crippen LogP contribution in [0.5, 0.6) is 0 Å². The van der Waals surface area contributed by atoms with Gasteiger partial charge in [0.05, 0.1) is 12.6 Å². The highest BCUT2D eigenvalue weighted by molar-refractivity contribution is 5.88. The van der Waals surface area contributed by atoms with E-state index in [1.165, 1.54) is 17.7 Å². The molecule has 1 aromatic heterocycles. The number of halogens is 1. The van der Waals surface area contributed by atoms with E-state index in [-0.39, 0.29) is 35.2 Å². The summed E-state index contributed by atoms with van der Waals surface area (Å²) in [6, 6.07) is 7.78. The van der Waals surface area contributed by atoms with Gasteiger partial charge in [-0.3, -0.25) is 4.79 Å². The maximum absolute atomic E-state index is 13.1. The van der Waals surface area contributed by atoms with Crippen molar-refractivity contribution >= 4 is 5.91 Å². The fourth-order valence-corrected chi connectivity index (χ4v) is 6.75. The zero-order chi connectivity index (χ0) is 26.1. The zero-order valence-corrected chi connectivity index (χ0v) is 21.9. The van der Waals surface area contributed by atoms with Crippen LogP contribution in [0.25, 0.3) is 11.3 Å². The van der Waals surface area contributed by atoms with Crippen LogP contribution in [-0.4, -0.2) is 22.3 Å². The molecular weight excluding hydrogens is 455 g/mol. The second-order valence-corrected chi connectivity index (χ2v) is 11.6. The van der Waals surface area contributed by atoms with E-state index in [0.29, 0.717) is 23.3 Å². The van der Waals surface area contributed by atoms with E-state index in [1.54, 1.807) is 24.3 Å². The van der Waals surface area contributed by atoms with Crippen LogP contribution in [0.2, 0.25) is 0 Å². The van der Waals surface area contributed by atoms with Crippen LogP contribution in [0.1, 0.15) is 72.0 Å². The van der Waals surface area contributed by atoms with Gasteiger partial charge >= 0.3 is 0 Å². The Kier molecular flexibility index (Phi) is 7.56. The Balaban J connectivity index is 1.32. The predicted octanol–water partition coefficient (Wildman–Crippen LogP) is 6.59. The normalized spacial score (nSPS) is 28.0. The number of hydrogen-bond donors (Lipinski definition) is 2. The van der Waals surface area contributed by atoms with E-state index in [4.69, 9.17) is 4.52 Å². The Labute approximate surface area is 213 Å². The Morgan fingerprint density at radius 3 is 2.72 bits per heavy atom. The molecule has 2 saturated carbocycles. The topological polar surface area (TPSA) is 75.4 Å². The lowest BCUT2D eigenvalue weighted by molar-refractivity contribution is -0.124. The Hall–Kier alpha value is -2.73. The molecule has 1 aromatic carbocycles. The molecule has 0 bridgehead atoms. The average molecular weight is 495 g/mol. The van der Waals surface area contributed by atoms with Crippen LogP contribution >= 0.6 is 0 Å². The molecule has 4 rings (SSSR count). The van der Waals surface area contributed by atoms with Gasteiger partial charge in [0.15, 0.2) is 5.76 Å². The average Bonchev–Trinajstić information content (AvgIpc) is 3.29. The van der Waals surface area contributed by atoms with Crippen molar-refractivity contribution in [1.82, 2.24) is 10.5 Å². The van der Waals surface area contributed by atoms with Gasteiger partial charge in [0.2, 0.25) is 5.91 Å². The van der Waals surface area contributed by atoms with Gasteiger partial charge in [-0.15, -0.1) is 0 Å². The number of aliphatic hydroxyl groups excluding tert-OH is 1. The molecule has 5 nitrogen and oxygen atoms in total. The largest absolute Gasteiger partial charge is 0.393 e. The first kappa shape index (κ1) is 26.3. The maximum Gasteiger partial charge on any atom is 0.244 e. The summed E-state index contributed by atoms with van der Waals surface area (Å²) in [5, 5.41) is 17.5. The minimum Gasteiger partial charge on any atom is -0.393 e. The van der Waals surface area contributed by atoms with Crippen molar-refractivity contribution in [3.8, 4) is 11.3 Å². The van der Waals surface area contributed by atoms with Crippen LogP contribution in [0.3, 0.4) is 0 Å². The number of amides is 1. The van der Waals surface area contributed by atoms with Crippen LogP contribution in [0, 0.1) is 28.5 Å². The van der Waals surface area contributed by atoms with Gasteiger partial charge in [-0.1, -0.05) is 43.7 Å². The Morgan fingerprint density at radius 2 is 2.00 bits per heavy atom. The molecule has 2 aliphatic carbocycles. The molecule has 6 heteroatoms. The van der Waals surface area contributed by atoms with Crippen molar-refractivity contribution < 1.29 is 18.8 Å². The highest BCUT2D eigenvalue weighted by Gasteiger charge is 2.55. The lowest BCUT2D eigenvalue weighted by Gasteiger charge is -2.59. The molecular formula is C30H39FN2O3. The first-order valence-electron chi connectivity index (χ1n) is 13.0. The summed E-state index contributed by atoms with van der Waals surface area (Å²) in [6.45, 7) is 13.5. The number of allylic oxidation sites excluding steroid dienone is 2. The van der Waals surface area contributed by atoms with Crippen molar-refractivity contribution in [2.75, 3.05) is 0 Å². The fraction of sp³-hybridized carbons (Fsp3) is 0.533. The lowest BCUT2D eigenvalue weighted by Crippen LogP contribution is -2.54. The minimum atomic E-state index is -0.306. The third-order valence-corrected chi connectivity index (χ3v) is 8.89. The molecule has 0 spiro atoms. The van der Waals surface area contributed by atoms with Crippen molar-refractivity contribution in [3.63, 3.8) is 0 Å². The molecule has 0 unspecified atom stereocenters. The molecule has 36 heavy (non-hydrogen) atoms. The van der Waals surface area contributed by atoms with Gasteiger partial charge in [0.1, 0.15) is 11.5 Å². The zero-order valence-electron chi connectivity index (χ0n) is 21.9. The molecule has 0 aliphatic heterocycles. The van der Waals surface area contributed by atoms with Crippen molar-refractivity contribution in [2.24, 2.45) is 22.7 Å². The summed E-state index contributed by atoms with van der Waals surface area (Å²) in [7, 11) is 0. The van der Waals surface area contributed by atoms with Crippen LogP contribution in [0.15, 0.2) is 58.7 Å². The molecule has 2 fully saturated rings. The number of nitrogens with zero attached hydrogens (tertiary/aromatic N) is 1. The molecule has 4 atom stereocenters. The quantitative estimate of drug-likeness (QED) is 0.336. The fourth-order valence-electron chi connectivity index (χ4n) is 6.75. The van der Waals surface area contributed by atoms with Gasteiger partial charge in [0.25, 0.3) is 0 Å². The van der Waals surface area contributed by atoms with Crippen molar-refractivity contribution in [1.29, 1.82) is 0 Å². The minimum absolute atomic E-state index is 0.0893. The number of carbonyl (C=O) groups excluding carboxylic acids is 1. The number of benzene rings is 1. The summed E-state index contributed by atoms with van der Waals surface area (Å²) in [4.78, 5) is 12.5. The van der Waals surface area contributed by atoms with Gasteiger partial charge in [-0.05, 0) is 92.4 Å². The molecule has 0 saturated heterocycles. The van der Waals surface area contributed by atoms with E-state index >= 15 is 0 Å². The third kappa shape index (κ3) is 5.34. The first-order chi connectivity index (χ1) is 17.0. The SMILES string of the molecule is C=C1CC[C@@H]2C(C)(C)[C@H](O)CC[C@@]2(C)[C@@H]1CCC(C)=CC(=O)NCc1cc(-c2ccc(F)cc2)no1. The Morgan fingerprint density at radius 1 is 1.28 bits per heavy atom. The van der Waals surface area contributed by atoms with Crippen molar-refractivity contribution in [2.45, 2.75) is 78.9 Å². The molecule has 2 aromatic rings. The standard InChI is InChI=1S/C30H39FN2O3/c1-19(6-12-24-20(2)7-13-26-29(3,4)27(34)14-15-30(24,26)5)16-28(35)32-18-23-17-25(33-36-23)21-8-10-22(31)11-9-21/h8-11,16-17,24,26-27,34H,2,6-7,12-15,18H2,1,3-5H3,(H,32,35)/t24-,26-,27-,30+/m1/s1. The summed E-state index contributed by atoms with van der Waals surface area (Å²) >= 11 is 0. The number of hydrogen-bond acceptors (Lipinski definition) is 4. The summed E-state index contributed by atoms with van der Waals surface area (Å²) < 4.78 is 18.5. The second-order valence-electron chi connectivity index (χ2n) is 11.6. The number of carbonyl (C=O) groups is 1. The van der Waals surface area contributed by atoms with E-state index in [0.717, 1.165) is 49.7 Å². The lowest BCUT2D eigenvalue weighted by atomic mass is 9.46. The van der Waals surface area contributed by atoms with Gasteiger partial charge in [-0.25, -0.2) is 4.39 Å². The van der Waals surface area contributed by atoms with E-state index in [1.807, 2.05) is 6.92 Å². The molecule has 194 valence electrons. The number of fused-ring (bicyclic) bond motifs is 1. The molecule has 1 heterocycles. The highest BCUT2D eigenvalue weighted by atomic mass is 19.1. The smallest absolute Gasteiger partial charge is 0.244 e. The van der Waals surface area contributed by atoms with E-state index in [2.05, 4.69) is 37.8 Å². The molecule has 1 amide bonds. The summed E-state index contributed by atoms with van der Waals surface area (Å²) in [5.74, 6) is 0.932. The number of nitrogens with one attached hydrogen (secondary N) is 1. The summed E-state index contributed by atoms with van der Waals surface area (Å²) in [5.41, 5.74) is 3.75. The predicted molar refractivity (Wildman–Crippen MR) is 139 cm³/mol. The van der Waals surface area contributed by atoms with Crippen LogP contribution in [0.4, 0.5) is 4.39 Å². The Bertz CT molecular complexity index is 1130. The molecule has 0 radical (unpaired) electrons. The van der Waals surface area contributed by atoms with E-state index in [9.17, 15) is 14.3 Å². The third-order valence-electron chi connectivity index (χ3n) is 8.89. The van der Waals surface area contributed by atoms with Crippen LogP contribution in [-0.2, 0) is 11.3 Å². The first-order valence-corrected chi connectivity index (χ1v) is 13.0. The molecule has 2 N–H and O–H groups in total. The second kappa shape index (κ2) is 10.3. The number of rotatable bonds is 7. The summed E-state index contributed by atoms with van der Waals surface area (Å²) in [6.07, 6.45) is 7.19. The maximum atomic E-state index is 13.1. The highest BCUT2D eigenvalue weighted by Crippen LogP contribution is 2.61. The number of aliphatic hydroxyl groups is 1. The van der Waals surface area contributed by atoms with E-state index < -0.39 is 0 Å². The van der Waals surface area contributed by atoms with Crippen LogP contribution < -0.4 is 5.32 Å².